The summed E-state index contributed by atoms with van der Waals surface area (Å²) in [6, 6.07) is 0. The van der Waals surface area contributed by atoms with Crippen LogP contribution in [0.1, 0.15) is 13.3 Å². The van der Waals surface area contributed by atoms with Crippen molar-refractivity contribution in [3.8, 4) is 0 Å². The van der Waals surface area contributed by atoms with E-state index >= 15 is 0 Å². The molecule has 0 aliphatic rings. The lowest BCUT2D eigenvalue weighted by Gasteiger charge is -2.00. The molecule has 0 amide bonds. The van der Waals surface area contributed by atoms with E-state index in [0.29, 0.717) is 22.4 Å². The first-order chi connectivity index (χ1) is 10.8. The average molecular weight is 359 g/mol. The van der Waals surface area contributed by atoms with E-state index in [1.807, 2.05) is 0 Å². The predicted molar refractivity (Wildman–Crippen MR) is 84.3 cm³/mol. The van der Waals surface area contributed by atoms with Crippen molar-refractivity contribution in [2.75, 3.05) is 5.75 Å². The summed E-state index contributed by atoms with van der Waals surface area (Å²) in [6.07, 6.45) is 1.59. The second-order valence-corrected chi connectivity index (χ2v) is 6.50. The molecule has 10 heteroatoms. The van der Waals surface area contributed by atoms with E-state index in [0.717, 1.165) is 0 Å². The lowest BCUT2D eigenvalue weighted by atomic mass is 10.4. The Morgan fingerprint density at radius 1 is 1.43 bits per heavy atom. The summed E-state index contributed by atoms with van der Waals surface area (Å²) < 4.78 is 2.94. The van der Waals surface area contributed by atoms with Crippen LogP contribution >= 0.6 is 23.4 Å². The van der Waals surface area contributed by atoms with Gasteiger partial charge < -0.3 is 9.90 Å². The van der Waals surface area contributed by atoms with Gasteiger partial charge in [-0.15, -0.1) is 0 Å². The summed E-state index contributed by atoms with van der Waals surface area (Å²) >= 11 is 7.07. The van der Waals surface area contributed by atoms with Crippen molar-refractivity contribution in [1.29, 1.82) is 0 Å². The molecule has 0 bridgehead atoms. The fourth-order valence-electron chi connectivity index (χ4n) is 2.01. The summed E-state index contributed by atoms with van der Waals surface area (Å²) in [6.45, 7) is 2.02. The Morgan fingerprint density at radius 2 is 2.13 bits per heavy atom. The van der Waals surface area contributed by atoms with Crippen molar-refractivity contribution >= 4 is 40.5 Å². The minimum atomic E-state index is -1.15. The number of nitrogens with one attached hydrogen (secondary N) is 2. The summed E-state index contributed by atoms with van der Waals surface area (Å²) in [5.74, 6) is -0.883. The number of aliphatic carboxylic acids is 1. The van der Waals surface area contributed by atoms with Crippen LogP contribution in [0, 0.1) is 0 Å². The number of carbonyl (C=O) groups is 1. The summed E-state index contributed by atoms with van der Waals surface area (Å²) in [7, 11) is 1.53. The van der Waals surface area contributed by atoms with Gasteiger partial charge in [0.1, 0.15) is 6.54 Å². The van der Waals surface area contributed by atoms with E-state index in [9.17, 15) is 19.5 Å². The van der Waals surface area contributed by atoms with E-state index in [2.05, 4.69) is 9.97 Å². The third kappa shape index (κ3) is 3.85. The number of carboxylic acid groups (broad SMARTS) is 1. The number of rotatable bonds is 6. The van der Waals surface area contributed by atoms with E-state index < -0.39 is 17.2 Å². The molecular formula is C13H15ClN4O4S. The highest BCUT2D eigenvalue weighted by Crippen LogP contribution is 2.16. The average Bonchev–Trinajstić information content (AvgIpc) is 2.81. The fourth-order valence-corrected chi connectivity index (χ4v) is 3.03. The lowest BCUT2D eigenvalue weighted by molar-refractivity contribution is -0.699. The Bertz CT molecular complexity index is 892. The first-order valence-corrected chi connectivity index (χ1v) is 8.07. The molecular weight excluding hydrogens is 344 g/mol. The summed E-state index contributed by atoms with van der Waals surface area (Å²) in [4.78, 5) is 39.6. The van der Waals surface area contributed by atoms with E-state index in [4.69, 9.17) is 11.6 Å². The fraction of sp³-hybridized carbons (Fsp3) is 0.385. The number of carboxylic acids is 1. The number of halogens is 1. The largest absolute Gasteiger partial charge is 0.550 e. The molecule has 2 N–H and O–H groups in total. The molecule has 2 heterocycles. The first kappa shape index (κ1) is 17.4. The summed E-state index contributed by atoms with van der Waals surface area (Å²) in [5, 5.41) is 11.7. The molecule has 0 unspecified atom stereocenters. The quantitative estimate of drug-likeness (QED) is 0.519. The van der Waals surface area contributed by atoms with E-state index in [-0.39, 0.29) is 17.7 Å². The Labute approximate surface area is 139 Å². The summed E-state index contributed by atoms with van der Waals surface area (Å²) in [5.41, 5.74) is -0.412. The number of aromatic nitrogens is 4. The Kier molecular flexibility index (Phi) is 5.32. The Hall–Kier alpha value is -2.00. The molecule has 2 aromatic heterocycles. The van der Waals surface area contributed by atoms with Crippen molar-refractivity contribution < 1.29 is 14.5 Å². The van der Waals surface area contributed by atoms with Crippen molar-refractivity contribution in [1.82, 2.24) is 14.5 Å². The number of fused-ring (bicyclic) bond motifs is 1. The van der Waals surface area contributed by atoms with Crippen LogP contribution < -0.4 is 20.9 Å². The van der Waals surface area contributed by atoms with Crippen LogP contribution in [0.4, 0.5) is 0 Å². The molecule has 0 saturated carbocycles. The van der Waals surface area contributed by atoms with Gasteiger partial charge in [-0.2, -0.15) is 0 Å². The molecule has 23 heavy (non-hydrogen) atoms. The van der Waals surface area contributed by atoms with Crippen molar-refractivity contribution in [3.63, 3.8) is 0 Å². The standard InChI is InChI=1S/C13H15ClN4O4S/c1-7(14)3-5-18-9-10(17(2)12(22)16-11(9)21)15-13(18)23-6-4-8(19)20/h3H,4-6H2,1-2H3,(H2,16,19,20,21,22). The highest BCUT2D eigenvalue weighted by atomic mass is 35.5. The zero-order valence-electron chi connectivity index (χ0n) is 12.5. The second-order valence-electron chi connectivity index (χ2n) is 4.82. The zero-order chi connectivity index (χ0) is 17.1. The predicted octanol–water partition coefficient (Wildman–Crippen LogP) is -0.783. The maximum Gasteiger partial charge on any atom is 0.331 e. The molecule has 8 nitrogen and oxygen atoms in total. The topological polar surface area (TPSA) is 115 Å². The molecule has 2 aromatic rings. The molecule has 0 saturated heterocycles. The van der Waals surface area contributed by atoms with Crippen LogP contribution in [-0.2, 0) is 18.4 Å². The highest BCUT2D eigenvalue weighted by Gasteiger charge is 2.24. The first-order valence-electron chi connectivity index (χ1n) is 6.71. The van der Waals surface area contributed by atoms with Gasteiger partial charge >= 0.3 is 16.4 Å². The van der Waals surface area contributed by atoms with Crippen molar-refractivity contribution in [2.24, 2.45) is 7.05 Å². The van der Waals surface area contributed by atoms with Crippen molar-refractivity contribution in [3.05, 3.63) is 31.9 Å². The number of thioether (sulfide) groups is 1. The zero-order valence-corrected chi connectivity index (χ0v) is 14.1. The number of hydrogen-bond acceptors (Lipinski definition) is 5. The maximum absolute atomic E-state index is 12.1. The highest BCUT2D eigenvalue weighted by molar-refractivity contribution is 7.99. The molecule has 0 atom stereocenters. The van der Waals surface area contributed by atoms with Crippen LogP contribution in [0.2, 0.25) is 0 Å². The Balaban J connectivity index is 2.57. The van der Waals surface area contributed by atoms with Gasteiger partial charge in [-0.25, -0.2) is 14.3 Å². The molecule has 0 radical (unpaired) electrons. The van der Waals surface area contributed by atoms with Gasteiger partial charge in [0.15, 0.2) is 0 Å². The number of H-pyrrole nitrogens is 2. The molecule has 0 spiro atoms. The van der Waals surface area contributed by atoms with Gasteiger partial charge in [-0.1, -0.05) is 11.6 Å². The van der Waals surface area contributed by atoms with Crippen LogP contribution in [-0.4, -0.2) is 26.3 Å². The number of allylic oxidation sites excluding steroid dienone is 2. The van der Waals surface area contributed by atoms with E-state index in [1.54, 1.807) is 17.6 Å². The van der Waals surface area contributed by atoms with Gasteiger partial charge in [0.05, 0.1) is 0 Å². The second kappa shape index (κ2) is 7.05. The SMILES string of the molecule is CC(Cl)=CC[n+]1c(SCCC(=O)[O-])[nH]c2c1c(=O)[nH]c(=O)n2C. The maximum atomic E-state index is 12.1. The van der Waals surface area contributed by atoms with Crippen LogP contribution in [0.3, 0.4) is 0 Å². The number of aryl methyl sites for hydroxylation is 1. The smallest absolute Gasteiger partial charge is 0.331 e. The number of aromatic amines is 2. The Morgan fingerprint density at radius 3 is 2.74 bits per heavy atom. The monoisotopic (exact) mass is 358 g/mol. The van der Waals surface area contributed by atoms with Crippen LogP contribution in [0.25, 0.3) is 11.2 Å². The normalized spacial score (nSPS) is 12.0. The van der Waals surface area contributed by atoms with E-state index in [1.165, 1.54) is 23.4 Å². The van der Waals surface area contributed by atoms with Gasteiger partial charge in [-0.05, 0) is 31.2 Å². The molecule has 2 rings (SSSR count). The van der Waals surface area contributed by atoms with Gasteiger partial charge in [0, 0.05) is 23.8 Å². The number of hydrogen-bond donors (Lipinski definition) is 2. The lowest BCUT2D eigenvalue weighted by Crippen LogP contribution is -2.40. The minimum Gasteiger partial charge on any atom is -0.550 e. The minimum absolute atomic E-state index is 0.125. The van der Waals surface area contributed by atoms with Crippen LogP contribution in [0.15, 0.2) is 25.9 Å². The molecule has 124 valence electrons. The third-order valence-electron chi connectivity index (χ3n) is 3.14. The molecule has 0 aliphatic carbocycles. The molecule has 0 aliphatic heterocycles. The van der Waals surface area contributed by atoms with Crippen LogP contribution in [0.5, 0.6) is 0 Å². The third-order valence-corrected chi connectivity index (χ3v) is 4.30. The van der Waals surface area contributed by atoms with Gasteiger partial charge in [0.25, 0.3) is 11.2 Å². The number of nitrogens with zero attached hydrogens (tertiary/aromatic N) is 2. The number of imidazole rings is 1. The molecule has 0 fully saturated rings. The van der Waals surface area contributed by atoms with Crippen molar-refractivity contribution in [2.45, 2.75) is 25.0 Å². The van der Waals surface area contributed by atoms with Gasteiger partial charge in [-0.3, -0.25) is 14.3 Å². The molecule has 0 aromatic carbocycles. The van der Waals surface area contributed by atoms with Gasteiger partial charge in [0.2, 0.25) is 0 Å². The number of carbonyl (C=O) groups excluding carboxylic acids is 1.